The van der Waals surface area contributed by atoms with Crippen molar-refractivity contribution in [1.82, 2.24) is 4.90 Å². The molecule has 194 valence electrons. The molecule has 0 aromatic heterocycles. The standard InChI is InChI=1S/C29H26ClN3O4S/c30-27-8-4-3-7-26(27)29(35)33-17-15-32(16-18-33)24-12-10-23(11-13-24)31-28(34)20-38(36,37)25-14-9-21-5-1-2-6-22(21)19-25/h1-14,19H,15-18,20H2,(H,31,34). The van der Waals surface area contributed by atoms with Gasteiger partial charge in [-0.25, -0.2) is 8.42 Å². The van der Waals surface area contributed by atoms with Gasteiger partial charge in [0.2, 0.25) is 5.91 Å². The van der Waals surface area contributed by atoms with E-state index in [1.54, 1.807) is 53.4 Å². The Morgan fingerprint density at radius 3 is 2.16 bits per heavy atom. The smallest absolute Gasteiger partial charge is 0.255 e. The van der Waals surface area contributed by atoms with Gasteiger partial charge in [-0.05, 0) is 59.3 Å². The Hall–Kier alpha value is -3.88. The maximum atomic E-state index is 12.8. The largest absolute Gasteiger partial charge is 0.368 e. The zero-order valence-corrected chi connectivity index (χ0v) is 22.1. The third-order valence-corrected chi connectivity index (χ3v) is 8.53. The van der Waals surface area contributed by atoms with Gasteiger partial charge in [-0.1, -0.05) is 54.1 Å². The molecule has 7 nitrogen and oxygen atoms in total. The molecule has 9 heteroatoms. The molecule has 2 amide bonds. The van der Waals surface area contributed by atoms with Crippen molar-refractivity contribution in [2.24, 2.45) is 0 Å². The molecule has 5 rings (SSSR count). The van der Waals surface area contributed by atoms with Crippen LogP contribution in [0.3, 0.4) is 0 Å². The lowest BCUT2D eigenvalue weighted by Gasteiger charge is -2.36. The van der Waals surface area contributed by atoms with Crippen LogP contribution in [0.2, 0.25) is 5.02 Å². The van der Waals surface area contributed by atoms with Crippen LogP contribution in [0.25, 0.3) is 10.8 Å². The molecule has 0 bridgehead atoms. The number of carbonyl (C=O) groups excluding carboxylic acids is 2. The number of nitrogens with one attached hydrogen (secondary N) is 1. The van der Waals surface area contributed by atoms with E-state index in [1.807, 2.05) is 36.4 Å². The highest BCUT2D eigenvalue weighted by Crippen LogP contribution is 2.23. The van der Waals surface area contributed by atoms with E-state index in [-0.39, 0.29) is 10.8 Å². The van der Waals surface area contributed by atoms with Gasteiger partial charge in [-0.15, -0.1) is 0 Å². The molecule has 1 fully saturated rings. The summed E-state index contributed by atoms with van der Waals surface area (Å²) in [5, 5.41) is 4.86. The van der Waals surface area contributed by atoms with Gasteiger partial charge in [0.05, 0.1) is 15.5 Å². The molecule has 1 heterocycles. The van der Waals surface area contributed by atoms with Crippen LogP contribution < -0.4 is 10.2 Å². The quantitative estimate of drug-likeness (QED) is 0.372. The molecule has 0 unspecified atom stereocenters. The van der Waals surface area contributed by atoms with Gasteiger partial charge in [0.15, 0.2) is 9.84 Å². The van der Waals surface area contributed by atoms with Crippen molar-refractivity contribution in [3.05, 3.63) is 102 Å². The first-order valence-electron chi connectivity index (χ1n) is 12.2. The summed E-state index contributed by atoms with van der Waals surface area (Å²) in [6.07, 6.45) is 0. The minimum atomic E-state index is -3.79. The monoisotopic (exact) mass is 547 g/mol. The lowest BCUT2D eigenvalue weighted by Crippen LogP contribution is -2.48. The highest BCUT2D eigenvalue weighted by Gasteiger charge is 2.24. The van der Waals surface area contributed by atoms with E-state index >= 15 is 0 Å². The summed E-state index contributed by atoms with van der Waals surface area (Å²) in [7, 11) is -3.79. The van der Waals surface area contributed by atoms with Crippen molar-refractivity contribution in [2.45, 2.75) is 4.90 Å². The fraction of sp³-hybridized carbons (Fsp3) is 0.172. The summed E-state index contributed by atoms with van der Waals surface area (Å²) in [4.78, 5) is 29.4. The predicted molar refractivity (Wildman–Crippen MR) is 151 cm³/mol. The zero-order valence-electron chi connectivity index (χ0n) is 20.5. The van der Waals surface area contributed by atoms with Crippen molar-refractivity contribution in [3.63, 3.8) is 0 Å². The summed E-state index contributed by atoms with van der Waals surface area (Å²) in [6.45, 7) is 2.45. The highest BCUT2D eigenvalue weighted by atomic mass is 35.5. The van der Waals surface area contributed by atoms with Crippen LogP contribution in [0, 0.1) is 0 Å². The number of anilines is 2. The summed E-state index contributed by atoms with van der Waals surface area (Å²) in [6, 6.07) is 26.6. The van der Waals surface area contributed by atoms with Crippen molar-refractivity contribution < 1.29 is 18.0 Å². The van der Waals surface area contributed by atoms with Crippen molar-refractivity contribution in [3.8, 4) is 0 Å². The van der Waals surface area contributed by atoms with Gasteiger partial charge < -0.3 is 15.1 Å². The number of halogens is 1. The molecule has 1 saturated heterocycles. The molecule has 0 spiro atoms. The predicted octanol–water partition coefficient (Wildman–Crippen LogP) is 4.87. The van der Waals surface area contributed by atoms with Gasteiger partial charge in [0.1, 0.15) is 5.75 Å². The maximum Gasteiger partial charge on any atom is 0.255 e. The Morgan fingerprint density at radius 2 is 1.45 bits per heavy atom. The number of rotatable bonds is 6. The van der Waals surface area contributed by atoms with E-state index < -0.39 is 21.5 Å². The minimum absolute atomic E-state index is 0.0769. The first kappa shape index (κ1) is 25.8. The van der Waals surface area contributed by atoms with Gasteiger partial charge in [0, 0.05) is 37.6 Å². The summed E-state index contributed by atoms with van der Waals surface area (Å²) in [5.74, 6) is -1.32. The fourth-order valence-corrected chi connectivity index (χ4v) is 5.92. The third-order valence-electron chi connectivity index (χ3n) is 6.59. The lowest BCUT2D eigenvalue weighted by molar-refractivity contribution is -0.113. The second kappa shape index (κ2) is 10.8. The van der Waals surface area contributed by atoms with Crippen LogP contribution in [0.5, 0.6) is 0 Å². The van der Waals surface area contributed by atoms with Gasteiger partial charge in [-0.2, -0.15) is 0 Å². The Kier molecular flexibility index (Phi) is 7.35. The lowest BCUT2D eigenvalue weighted by atomic mass is 10.1. The number of piperazine rings is 1. The Morgan fingerprint density at radius 1 is 0.789 bits per heavy atom. The van der Waals surface area contributed by atoms with Crippen LogP contribution >= 0.6 is 11.6 Å². The Balaban J connectivity index is 1.17. The van der Waals surface area contributed by atoms with Crippen molar-refractivity contribution >= 4 is 55.4 Å². The molecule has 1 aliphatic rings. The molecule has 0 aliphatic carbocycles. The molecule has 4 aromatic carbocycles. The number of fused-ring (bicyclic) bond motifs is 1. The molecular formula is C29H26ClN3O4S. The number of hydrogen-bond donors (Lipinski definition) is 1. The van der Waals surface area contributed by atoms with E-state index in [4.69, 9.17) is 11.6 Å². The molecule has 0 saturated carbocycles. The number of nitrogens with zero attached hydrogens (tertiary/aromatic N) is 2. The second-order valence-corrected chi connectivity index (χ2v) is 11.5. The molecule has 38 heavy (non-hydrogen) atoms. The zero-order chi connectivity index (χ0) is 26.7. The van der Waals surface area contributed by atoms with E-state index in [1.165, 1.54) is 6.07 Å². The third kappa shape index (κ3) is 5.66. The Bertz CT molecular complexity index is 1600. The topological polar surface area (TPSA) is 86.8 Å². The minimum Gasteiger partial charge on any atom is -0.368 e. The highest BCUT2D eigenvalue weighted by molar-refractivity contribution is 7.92. The van der Waals surface area contributed by atoms with Crippen LogP contribution in [-0.4, -0.2) is 57.1 Å². The van der Waals surface area contributed by atoms with Crippen molar-refractivity contribution in [1.29, 1.82) is 0 Å². The van der Waals surface area contributed by atoms with Crippen LogP contribution in [0.4, 0.5) is 11.4 Å². The fourth-order valence-electron chi connectivity index (χ4n) is 4.54. The van der Waals surface area contributed by atoms with Crippen molar-refractivity contribution in [2.75, 3.05) is 42.1 Å². The van der Waals surface area contributed by atoms with E-state index in [9.17, 15) is 18.0 Å². The average molecular weight is 548 g/mol. The van der Waals surface area contributed by atoms with E-state index in [0.717, 1.165) is 16.5 Å². The average Bonchev–Trinajstić information content (AvgIpc) is 2.93. The number of benzene rings is 4. The first-order chi connectivity index (χ1) is 18.3. The number of hydrogen-bond acceptors (Lipinski definition) is 5. The van der Waals surface area contributed by atoms with Gasteiger partial charge >= 0.3 is 0 Å². The van der Waals surface area contributed by atoms with E-state index in [0.29, 0.717) is 42.5 Å². The van der Waals surface area contributed by atoms with Crippen LogP contribution in [0.15, 0.2) is 95.9 Å². The summed E-state index contributed by atoms with van der Waals surface area (Å²) < 4.78 is 25.6. The number of amides is 2. The van der Waals surface area contributed by atoms with E-state index in [2.05, 4.69) is 10.2 Å². The molecule has 0 atom stereocenters. The molecule has 0 radical (unpaired) electrons. The van der Waals surface area contributed by atoms with Gasteiger partial charge in [-0.3, -0.25) is 9.59 Å². The summed E-state index contributed by atoms with van der Waals surface area (Å²) in [5.41, 5.74) is 1.97. The Labute approximate surface area is 226 Å². The first-order valence-corrected chi connectivity index (χ1v) is 14.2. The van der Waals surface area contributed by atoms with Crippen LogP contribution in [0.1, 0.15) is 10.4 Å². The second-order valence-electron chi connectivity index (χ2n) is 9.12. The normalized spacial score (nSPS) is 13.9. The van der Waals surface area contributed by atoms with Crippen LogP contribution in [-0.2, 0) is 14.6 Å². The van der Waals surface area contributed by atoms with Gasteiger partial charge in [0.25, 0.3) is 5.91 Å². The SMILES string of the molecule is O=C(CS(=O)(=O)c1ccc2ccccc2c1)Nc1ccc(N2CCN(C(=O)c3ccccc3Cl)CC2)cc1. The molecule has 1 aliphatic heterocycles. The maximum absolute atomic E-state index is 12.8. The molecule has 1 N–H and O–H groups in total. The number of carbonyl (C=O) groups is 2. The molecular weight excluding hydrogens is 522 g/mol. The molecule has 4 aromatic rings. The summed E-state index contributed by atoms with van der Waals surface area (Å²) >= 11 is 6.18. The number of sulfone groups is 1.